The number of hydrogen-bond donors (Lipinski definition) is 3. The second-order valence-electron chi connectivity index (χ2n) is 29.4. The molecule has 2 unspecified atom stereocenters. The monoisotopic (exact) mass is 1440 g/mol. The van der Waals surface area contributed by atoms with Crippen LogP contribution in [0, 0.1) is 11.8 Å². The van der Waals surface area contributed by atoms with Crippen LogP contribution in [0.4, 0.5) is 0 Å². The average Bonchev–Trinajstić information content (AvgIpc) is 0.967. The summed E-state index contributed by atoms with van der Waals surface area (Å²) >= 11 is 0. The summed E-state index contributed by atoms with van der Waals surface area (Å²) in [5.74, 6) is -0.545. The maximum atomic E-state index is 13.1. The minimum absolute atomic E-state index is 0.107. The third-order valence-electron chi connectivity index (χ3n) is 18.5. The lowest BCUT2D eigenvalue weighted by molar-refractivity contribution is -0.161. The molecule has 0 saturated heterocycles. The molecule has 0 fully saturated rings. The van der Waals surface area contributed by atoms with Crippen LogP contribution in [0.25, 0.3) is 0 Å². The van der Waals surface area contributed by atoms with E-state index in [1.807, 2.05) is 0 Å². The second kappa shape index (κ2) is 70.7. The molecule has 0 saturated carbocycles. The van der Waals surface area contributed by atoms with Gasteiger partial charge in [-0.25, -0.2) is 9.13 Å². The lowest BCUT2D eigenvalue weighted by atomic mass is 10.0. The number of hydrogen-bond acceptors (Lipinski definition) is 15. The third kappa shape index (κ3) is 72.4. The quantitative estimate of drug-likeness (QED) is 0.0222. The molecule has 98 heavy (non-hydrogen) atoms. The molecule has 0 spiro atoms. The molecule has 0 amide bonds. The molecule has 17 nitrogen and oxygen atoms in total. The summed E-state index contributed by atoms with van der Waals surface area (Å²) in [7, 11) is -9.91. The molecule has 3 N–H and O–H groups in total. The predicted octanol–water partition coefficient (Wildman–Crippen LogP) is 23.5. The van der Waals surface area contributed by atoms with Crippen LogP contribution in [0.5, 0.6) is 0 Å². The SMILES string of the molecule is CCCCCCCCCCCCCCCCCCCCCC(=O)O[C@H](COC(=O)CCCCCCCCCCCCCCCC(C)C)COP(=O)(O)OC[C@@H](O)COP(=O)(O)OC[C@@H](COC(=O)CCCCCCCCCC)OC(=O)CCCCCCCCCCCCCCC(C)C. The van der Waals surface area contributed by atoms with Crippen molar-refractivity contribution in [3.8, 4) is 0 Å². The Morgan fingerprint density at radius 1 is 0.276 bits per heavy atom. The van der Waals surface area contributed by atoms with Crippen LogP contribution < -0.4 is 0 Å². The van der Waals surface area contributed by atoms with Gasteiger partial charge in [0.05, 0.1) is 26.4 Å². The van der Waals surface area contributed by atoms with Crippen LogP contribution in [0.1, 0.15) is 414 Å². The van der Waals surface area contributed by atoms with Crippen LogP contribution >= 0.6 is 15.6 Å². The van der Waals surface area contributed by atoms with Crippen molar-refractivity contribution in [3.05, 3.63) is 0 Å². The number of carbonyl (C=O) groups is 4. The zero-order chi connectivity index (χ0) is 72.1. The van der Waals surface area contributed by atoms with Crippen molar-refractivity contribution in [2.75, 3.05) is 39.6 Å². The summed E-state index contributed by atoms with van der Waals surface area (Å²) in [6, 6.07) is 0. The van der Waals surface area contributed by atoms with Crippen molar-refractivity contribution in [3.63, 3.8) is 0 Å². The van der Waals surface area contributed by atoms with Gasteiger partial charge < -0.3 is 33.8 Å². The number of aliphatic hydroxyl groups is 1. The molecule has 0 aromatic heterocycles. The third-order valence-corrected chi connectivity index (χ3v) is 20.4. The molecule has 19 heteroatoms. The van der Waals surface area contributed by atoms with E-state index in [1.165, 1.54) is 225 Å². The number of esters is 4. The van der Waals surface area contributed by atoms with Crippen molar-refractivity contribution < 1.29 is 80.2 Å². The van der Waals surface area contributed by atoms with Gasteiger partial charge in [-0.05, 0) is 37.5 Å². The van der Waals surface area contributed by atoms with Crippen molar-refractivity contribution in [2.24, 2.45) is 11.8 Å². The van der Waals surface area contributed by atoms with Gasteiger partial charge in [0.1, 0.15) is 19.3 Å². The minimum atomic E-state index is -4.96. The molecule has 0 rings (SSSR count). The number of phosphoric acid groups is 2. The van der Waals surface area contributed by atoms with E-state index in [0.29, 0.717) is 25.7 Å². The van der Waals surface area contributed by atoms with Gasteiger partial charge in [-0.3, -0.25) is 37.3 Å². The summed E-state index contributed by atoms with van der Waals surface area (Å²) < 4.78 is 68.6. The van der Waals surface area contributed by atoms with Gasteiger partial charge in [0.2, 0.25) is 0 Å². The first-order chi connectivity index (χ1) is 47.4. The number of unbranched alkanes of at least 4 members (excludes halogenated alkanes) is 48. The first kappa shape index (κ1) is 96.1. The van der Waals surface area contributed by atoms with E-state index in [2.05, 4.69) is 41.5 Å². The molecule has 0 heterocycles. The minimum Gasteiger partial charge on any atom is -0.462 e. The number of phosphoric ester groups is 2. The van der Waals surface area contributed by atoms with Crippen LogP contribution in [-0.2, 0) is 65.4 Å². The van der Waals surface area contributed by atoms with Crippen LogP contribution in [0.2, 0.25) is 0 Å². The molecule has 582 valence electrons. The predicted molar refractivity (Wildman–Crippen MR) is 400 cm³/mol. The molecular formula is C79H154O17P2. The fraction of sp³-hybridized carbons (Fsp3) is 0.949. The van der Waals surface area contributed by atoms with Crippen molar-refractivity contribution in [1.82, 2.24) is 0 Å². The van der Waals surface area contributed by atoms with Gasteiger partial charge >= 0.3 is 39.5 Å². The van der Waals surface area contributed by atoms with E-state index in [4.69, 9.17) is 37.0 Å². The lowest BCUT2D eigenvalue weighted by Crippen LogP contribution is -2.30. The molecule has 0 aliphatic heterocycles. The van der Waals surface area contributed by atoms with Crippen molar-refractivity contribution in [2.45, 2.75) is 432 Å². The molecule has 0 radical (unpaired) electrons. The van der Waals surface area contributed by atoms with Crippen molar-refractivity contribution in [1.29, 1.82) is 0 Å². The highest BCUT2D eigenvalue weighted by molar-refractivity contribution is 7.47. The van der Waals surface area contributed by atoms with Gasteiger partial charge in [-0.2, -0.15) is 0 Å². The molecule has 5 atom stereocenters. The Morgan fingerprint density at radius 2 is 0.469 bits per heavy atom. The molecule has 0 bridgehead atoms. The fourth-order valence-corrected chi connectivity index (χ4v) is 13.8. The van der Waals surface area contributed by atoms with Crippen molar-refractivity contribution >= 4 is 39.5 Å². The molecule has 0 aromatic rings. The highest BCUT2D eigenvalue weighted by atomic mass is 31.2. The lowest BCUT2D eigenvalue weighted by Gasteiger charge is -2.21. The molecule has 0 aliphatic carbocycles. The van der Waals surface area contributed by atoms with E-state index in [-0.39, 0.29) is 25.7 Å². The summed E-state index contributed by atoms with van der Waals surface area (Å²) in [4.78, 5) is 72.9. The first-order valence-electron chi connectivity index (χ1n) is 41.0. The Balaban J connectivity index is 5.21. The largest absolute Gasteiger partial charge is 0.472 e. The highest BCUT2D eigenvalue weighted by Gasteiger charge is 2.30. The van der Waals surface area contributed by atoms with E-state index < -0.39 is 97.5 Å². The number of carbonyl (C=O) groups excluding carboxylic acids is 4. The summed E-state index contributed by atoms with van der Waals surface area (Å²) in [6.45, 7) is 9.62. The Morgan fingerprint density at radius 3 is 0.694 bits per heavy atom. The first-order valence-corrected chi connectivity index (χ1v) is 44.0. The Bertz CT molecular complexity index is 1890. The summed E-state index contributed by atoms with van der Waals surface area (Å²) in [5, 5.41) is 10.6. The normalized spacial score (nSPS) is 13.9. The molecular weight excluding hydrogens is 1280 g/mol. The van der Waals surface area contributed by atoms with Gasteiger partial charge in [-0.15, -0.1) is 0 Å². The van der Waals surface area contributed by atoms with Crippen LogP contribution in [-0.4, -0.2) is 96.7 Å². The van der Waals surface area contributed by atoms with Gasteiger partial charge in [0.25, 0.3) is 0 Å². The van der Waals surface area contributed by atoms with Gasteiger partial charge in [0, 0.05) is 25.7 Å². The summed E-state index contributed by atoms with van der Waals surface area (Å²) in [6.07, 6.45) is 59.7. The Kier molecular flexibility index (Phi) is 69.3. The van der Waals surface area contributed by atoms with E-state index in [1.54, 1.807) is 0 Å². The zero-order valence-corrected chi connectivity index (χ0v) is 65.9. The number of ether oxygens (including phenoxy) is 4. The van der Waals surface area contributed by atoms with E-state index in [9.17, 15) is 43.2 Å². The van der Waals surface area contributed by atoms with Crippen LogP contribution in [0.3, 0.4) is 0 Å². The number of aliphatic hydroxyl groups excluding tert-OH is 1. The topological polar surface area (TPSA) is 237 Å². The van der Waals surface area contributed by atoms with Crippen LogP contribution in [0.15, 0.2) is 0 Å². The maximum absolute atomic E-state index is 13.1. The zero-order valence-electron chi connectivity index (χ0n) is 64.1. The second-order valence-corrected chi connectivity index (χ2v) is 32.3. The molecule has 0 aromatic carbocycles. The van der Waals surface area contributed by atoms with Gasteiger partial charge in [0.15, 0.2) is 12.2 Å². The Labute approximate surface area is 600 Å². The average molecular weight is 1440 g/mol. The van der Waals surface area contributed by atoms with E-state index >= 15 is 0 Å². The van der Waals surface area contributed by atoms with E-state index in [0.717, 1.165) is 108 Å². The highest BCUT2D eigenvalue weighted by Crippen LogP contribution is 2.45. The standard InChI is InChI=1S/C79H154O17P2/c1-7-9-11-13-15-17-18-19-20-21-22-23-24-27-34-39-45-51-57-63-78(83)96-75(68-90-77(82)62-56-50-44-38-33-28-25-26-31-36-41-47-53-59-71(3)4)70-94-98(87,88)92-66-73(80)65-91-97(85,86)93-69-74(67-89-76(81)61-55-49-43-16-14-12-10-8-2)95-79(84)64-58-52-46-40-35-30-29-32-37-42-48-54-60-72(5)6/h71-75,80H,7-70H2,1-6H3,(H,85,86)(H,87,88)/t73-,74+,75+/m0/s1. The Hall–Kier alpha value is -1.94. The number of rotatable bonds is 78. The fourth-order valence-electron chi connectivity index (χ4n) is 12.2. The maximum Gasteiger partial charge on any atom is 0.472 e. The molecule has 0 aliphatic rings. The van der Waals surface area contributed by atoms with Gasteiger partial charge in [-0.1, -0.05) is 363 Å². The smallest absolute Gasteiger partial charge is 0.462 e. The summed E-state index contributed by atoms with van der Waals surface area (Å²) in [5.41, 5.74) is 0.